The number of carbonyl (C=O) groups excluding carboxylic acids is 2. The smallest absolute Gasteiger partial charge is 0.243 e. The van der Waals surface area contributed by atoms with Crippen LogP contribution in [0.4, 0.5) is 5.69 Å². The van der Waals surface area contributed by atoms with Crippen LogP contribution in [0.25, 0.3) is 0 Å². The number of rotatable bonds is 12. The van der Waals surface area contributed by atoms with Gasteiger partial charge in [-0.15, -0.1) is 0 Å². The lowest BCUT2D eigenvalue weighted by Gasteiger charge is -2.32. The first-order valence-electron chi connectivity index (χ1n) is 11.6. The van der Waals surface area contributed by atoms with Gasteiger partial charge in [0.25, 0.3) is 0 Å². The molecule has 0 unspecified atom stereocenters. The summed E-state index contributed by atoms with van der Waals surface area (Å²) in [6.07, 6.45) is 1.69. The number of hydrogen-bond donors (Lipinski definition) is 1. The van der Waals surface area contributed by atoms with Gasteiger partial charge in [-0.3, -0.25) is 13.9 Å². The summed E-state index contributed by atoms with van der Waals surface area (Å²) in [5.74, 6) is -0.539. The van der Waals surface area contributed by atoms with Crippen LogP contribution in [0, 0.1) is 0 Å². The van der Waals surface area contributed by atoms with Gasteiger partial charge in [0.2, 0.25) is 21.8 Å². The van der Waals surface area contributed by atoms with Gasteiger partial charge in [-0.05, 0) is 56.5 Å². The lowest BCUT2D eigenvalue weighted by molar-refractivity contribution is -0.141. The summed E-state index contributed by atoms with van der Waals surface area (Å²) >= 11 is 18.6. The number of nitrogens with one attached hydrogen (secondary N) is 1. The van der Waals surface area contributed by atoms with Crippen molar-refractivity contribution in [3.05, 3.63) is 63.1 Å². The average molecular weight is 577 g/mol. The fourth-order valence-electron chi connectivity index (χ4n) is 3.77. The Bertz CT molecular complexity index is 1170. The Morgan fingerprint density at radius 1 is 1.03 bits per heavy atom. The zero-order chi connectivity index (χ0) is 27.0. The number of nitrogens with zero attached hydrogens (tertiary/aromatic N) is 2. The van der Waals surface area contributed by atoms with Crippen LogP contribution in [-0.4, -0.2) is 50.0 Å². The molecule has 2 aromatic carbocycles. The highest BCUT2D eigenvalue weighted by Gasteiger charge is 2.29. The van der Waals surface area contributed by atoms with Crippen molar-refractivity contribution in [1.29, 1.82) is 0 Å². The van der Waals surface area contributed by atoms with Crippen LogP contribution in [0.2, 0.25) is 15.1 Å². The van der Waals surface area contributed by atoms with E-state index in [1.807, 2.05) is 32.9 Å². The van der Waals surface area contributed by atoms with E-state index in [0.29, 0.717) is 22.0 Å². The van der Waals surface area contributed by atoms with Gasteiger partial charge in [0.15, 0.2) is 0 Å². The van der Waals surface area contributed by atoms with Gasteiger partial charge in [-0.1, -0.05) is 59.9 Å². The number of benzene rings is 2. The second kappa shape index (κ2) is 13.5. The Labute approximate surface area is 228 Å². The van der Waals surface area contributed by atoms with Crippen LogP contribution in [0.15, 0.2) is 42.5 Å². The predicted octanol–water partition coefficient (Wildman–Crippen LogP) is 5.53. The van der Waals surface area contributed by atoms with Crippen LogP contribution >= 0.6 is 34.8 Å². The van der Waals surface area contributed by atoms with Crippen LogP contribution < -0.4 is 9.62 Å². The van der Waals surface area contributed by atoms with Crippen molar-refractivity contribution < 1.29 is 18.0 Å². The summed E-state index contributed by atoms with van der Waals surface area (Å²) in [6.45, 7) is 5.71. The second-order valence-electron chi connectivity index (χ2n) is 8.73. The van der Waals surface area contributed by atoms with E-state index in [9.17, 15) is 18.0 Å². The molecule has 0 heterocycles. The number of sulfonamides is 1. The SMILES string of the molecule is CC[C@H](C(=O)NC(C)C)N(Cc1ccccc1Cl)C(=O)CCCN(c1cc(Cl)ccc1Cl)S(C)(=O)=O. The van der Waals surface area contributed by atoms with E-state index in [1.165, 1.54) is 17.0 Å². The van der Waals surface area contributed by atoms with Crippen LogP contribution in [-0.2, 0) is 26.2 Å². The molecule has 0 bridgehead atoms. The van der Waals surface area contributed by atoms with Gasteiger partial charge < -0.3 is 10.2 Å². The normalized spacial score (nSPS) is 12.3. The zero-order valence-corrected chi connectivity index (χ0v) is 23.9. The fourth-order valence-corrected chi connectivity index (χ4v) is 5.37. The number of amides is 2. The lowest BCUT2D eigenvalue weighted by Crippen LogP contribution is -2.50. The molecule has 11 heteroatoms. The molecule has 2 rings (SSSR count). The molecule has 2 amide bonds. The van der Waals surface area contributed by atoms with E-state index >= 15 is 0 Å². The molecular weight excluding hydrogens is 545 g/mol. The van der Waals surface area contributed by atoms with E-state index in [2.05, 4.69) is 5.32 Å². The van der Waals surface area contributed by atoms with Crippen molar-refractivity contribution in [1.82, 2.24) is 10.2 Å². The molecule has 36 heavy (non-hydrogen) atoms. The Kier molecular flexibility index (Phi) is 11.3. The zero-order valence-electron chi connectivity index (χ0n) is 20.8. The maximum absolute atomic E-state index is 13.4. The van der Waals surface area contributed by atoms with Crippen LogP contribution in [0.3, 0.4) is 0 Å². The Morgan fingerprint density at radius 3 is 2.28 bits per heavy atom. The van der Waals surface area contributed by atoms with E-state index < -0.39 is 16.1 Å². The largest absolute Gasteiger partial charge is 0.352 e. The third kappa shape index (κ3) is 8.54. The minimum absolute atomic E-state index is 0.0134. The van der Waals surface area contributed by atoms with Gasteiger partial charge in [0, 0.05) is 35.6 Å². The highest BCUT2D eigenvalue weighted by Crippen LogP contribution is 2.31. The standard InChI is InChI=1S/C25H32Cl3N3O4S/c1-5-22(25(33)29-17(2)3)30(16-18-9-6-7-10-20(18)27)24(32)11-8-14-31(36(4,34)35)23-15-19(26)12-13-21(23)28/h6-7,9-10,12-13,15,17,22H,5,8,11,14,16H2,1-4H3,(H,29,33)/t22-/m1/s1. The van der Waals surface area contributed by atoms with Crippen LogP contribution in [0.1, 0.15) is 45.6 Å². The highest BCUT2D eigenvalue weighted by atomic mass is 35.5. The molecule has 198 valence electrons. The first-order valence-corrected chi connectivity index (χ1v) is 14.6. The Morgan fingerprint density at radius 2 is 1.69 bits per heavy atom. The van der Waals surface area contributed by atoms with Gasteiger partial charge in [0.1, 0.15) is 6.04 Å². The van der Waals surface area contributed by atoms with Gasteiger partial charge in [-0.2, -0.15) is 0 Å². The quantitative estimate of drug-likeness (QED) is 0.360. The predicted molar refractivity (Wildman–Crippen MR) is 147 cm³/mol. The van der Waals surface area contributed by atoms with Gasteiger partial charge in [-0.25, -0.2) is 8.42 Å². The topological polar surface area (TPSA) is 86.8 Å². The van der Waals surface area contributed by atoms with E-state index in [4.69, 9.17) is 34.8 Å². The molecule has 2 aromatic rings. The molecular formula is C25H32Cl3N3O4S. The third-order valence-corrected chi connectivity index (χ3v) is 7.55. The summed E-state index contributed by atoms with van der Waals surface area (Å²) < 4.78 is 26.1. The van der Waals surface area contributed by atoms with Crippen molar-refractivity contribution in [3.8, 4) is 0 Å². The molecule has 7 nitrogen and oxygen atoms in total. The van der Waals surface area contributed by atoms with E-state index in [1.54, 1.807) is 18.2 Å². The fraction of sp³-hybridized carbons (Fsp3) is 0.440. The molecule has 0 aliphatic rings. The van der Waals surface area contributed by atoms with Gasteiger partial charge in [0.05, 0.1) is 17.0 Å². The number of hydrogen-bond acceptors (Lipinski definition) is 4. The minimum Gasteiger partial charge on any atom is -0.352 e. The van der Waals surface area contributed by atoms with Crippen molar-refractivity contribution in [2.45, 2.75) is 58.7 Å². The molecule has 1 atom stereocenters. The summed E-state index contributed by atoms with van der Waals surface area (Å²) in [5, 5.41) is 3.94. The van der Waals surface area contributed by atoms with Crippen molar-refractivity contribution >= 4 is 62.3 Å². The average Bonchev–Trinajstić information content (AvgIpc) is 2.78. The monoisotopic (exact) mass is 575 g/mol. The summed E-state index contributed by atoms with van der Waals surface area (Å²) in [6, 6.07) is 10.9. The van der Waals surface area contributed by atoms with E-state index in [0.717, 1.165) is 10.6 Å². The van der Waals surface area contributed by atoms with Crippen LogP contribution in [0.5, 0.6) is 0 Å². The molecule has 0 aliphatic heterocycles. The molecule has 0 saturated carbocycles. The van der Waals surface area contributed by atoms with E-state index in [-0.39, 0.29) is 54.5 Å². The number of anilines is 1. The molecule has 0 aliphatic carbocycles. The first kappa shape index (κ1) is 30.2. The van der Waals surface area contributed by atoms with Gasteiger partial charge >= 0.3 is 0 Å². The molecule has 1 N–H and O–H groups in total. The first-order chi connectivity index (χ1) is 16.8. The Hall–Kier alpha value is -2.00. The molecule has 0 fully saturated rings. The molecule has 0 spiro atoms. The summed E-state index contributed by atoms with van der Waals surface area (Å²) in [4.78, 5) is 27.9. The summed E-state index contributed by atoms with van der Waals surface area (Å²) in [5.41, 5.74) is 0.960. The molecule has 0 aromatic heterocycles. The highest BCUT2D eigenvalue weighted by molar-refractivity contribution is 7.92. The second-order valence-corrected chi connectivity index (χ2v) is 11.9. The number of halogens is 3. The molecule has 0 saturated heterocycles. The maximum atomic E-state index is 13.4. The third-order valence-electron chi connectivity index (χ3n) is 5.44. The molecule has 0 radical (unpaired) electrons. The van der Waals surface area contributed by atoms with Crippen molar-refractivity contribution in [2.24, 2.45) is 0 Å². The van der Waals surface area contributed by atoms with Crippen molar-refractivity contribution in [2.75, 3.05) is 17.1 Å². The Balaban J connectivity index is 2.26. The summed E-state index contributed by atoms with van der Waals surface area (Å²) in [7, 11) is -3.69. The maximum Gasteiger partial charge on any atom is 0.243 e. The van der Waals surface area contributed by atoms with Crippen molar-refractivity contribution in [3.63, 3.8) is 0 Å². The lowest BCUT2D eigenvalue weighted by atomic mass is 10.1. The minimum atomic E-state index is -3.69. The number of carbonyl (C=O) groups is 2.